The minimum atomic E-state index is -3.66. The molecule has 0 unspecified atom stereocenters. The number of carbonyl (C=O) groups is 2. The smallest absolute Gasteiger partial charge is 0.251 e. The van der Waals surface area contributed by atoms with Crippen LogP contribution in [0, 0.1) is 0 Å². The van der Waals surface area contributed by atoms with Gasteiger partial charge in [0.25, 0.3) is 5.91 Å². The summed E-state index contributed by atoms with van der Waals surface area (Å²) in [5, 5.41) is 5.90. The molecule has 2 N–H and O–H groups in total. The fourth-order valence-electron chi connectivity index (χ4n) is 4.16. The lowest BCUT2D eigenvalue weighted by molar-refractivity contribution is -0.117. The molecule has 2 fully saturated rings. The van der Waals surface area contributed by atoms with Crippen molar-refractivity contribution in [1.82, 2.24) is 14.5 Å². The average molecular weight is 487 g/mol. The Labute approximate surface area is 200 Å². The molecule has 4 rings (SSSR count). The second kappa shape index (κ2) is 11.1. The number of rotatable bonds is 7. The number of nitrogens with zero attached hydrogens (tertiary/aromatic N) is 2. The van der Waals surface area contributed by atoms with Gasteiger partial charge in [-0.2, -0.15) is 4.31 Å². The summed E-state index contributed by atoms with van der Waals surface area (Å²) in [6, 6.07) is 15.5. The van der Waals surface area contributed by atoms with E-state index in [1.807, 2.05) is 30.3 Å². The summed E-state index contributed by atoms with van der Waals surface area (Å²) in [5.74, 6) is -0.355. The standard InChI is InChI=1S/C24H30N4O5S/c29-23(25-20-6-2-1-3-7-20)18-27-11-9-21(10-12-27)26-24(30)19-5-4-8-22(17-19)34(31,32)28-13-15-33-16-14-28/h1-8,17,21H,9-16,18H2,(H,25,29)(H,26,30). The van der Waals surface area contributed by atoms with Crippen LogP contribution in [-0.2, 0) is 19.6 Å². The monoisotopic (exact) mass is 486 g/mol. The molecular formula is C24H30N4O5S. The van der Waals surface area contributed by atoms with Crippen molar-refractivity contribution in [2.45, 2.75) is 23.8 Å². The molecule has 10 heteroatoms. The maximum Gasteiger partial charge on any atom is 0.251 e. The lowest BCUT2D eigenvalue weighted by Gasteiger charge is -2.32. The number of benzene rings is 2. The maximum atomic E-state index is 12.9. The van der Waals surface area contributed by atoms with E-state index in [9.17, 15) is 18.0 Å². The van der Waals surface area contributed by atoms with Gasteiger partial charge in [-0.25, -0.2) is 8.42 Å². The van der Waals surface area contributed by atoms with E-state index < -0.39 is 10.0 Å². The fourth-order valence-corrected chi connectivity index (χ4v) is 5.62. The van der Waals surface area contributed by atoms with E-state index in [1.165, 1.54) is 16.4 Å². The zero-order chi connectivity index (χ0) is 24.0. The first kappa shape index (κ1) is 24.3. The molecule has 2 aliphatic rings. The van der Waals surface area contributed by atoms with Gasteiger partial charge in [0.2, 0.25) is 15.9 Å². The molecule has 34 heavy (non-hydrogen) atoms. The molecule has 2 aliphatic heterocycles. The van der Waals surface area contributed by atoms with Gasteiger partial charge in [-0.15, -0.1) is 0 Å². The molecule has 2 aromatic carbocycles. The zero-order valence-electron chi connectivity index (χ0n) is 19.0. The zero-order valence-corrected chi connectivity index (χ0v) is 19.8. The van der Waals surface area contributed by atoms with Crippen LogP contribution in [0.3, 0.4) is 0 Å². The third kappa shape index (κ3) is 6.20. The third-order valence-electron chi connectivity index (χ3n) is 6.05. The molecule has 9 nitrogen and oxygen atoms in total. The predicted molar refractivity (Wildman–Crippen MR) is 128 cm³/mol. The Morgan fingerprint density at radius 2 is 1.65 bits per heavy atom. The minimum Gasteiger partial charge on any atom is -0.379 e. The highest BCUT2D eigenvalue weighted by Gasteiger charge is 2.27. The Morgan fingerprint density at radius 3 is 2.35 bits per heavy atom. The second-order valence-electron chi connectivity index (χ2n) is 8.48. The molecule has 182 valence electrons. The van der Waals surface area contributed by atoms with Crippen LogP contribution in [0.5, 0.6) is 0 Å². The van der Waals surface area contributed by atoms with Crippen molar-refractivity contribution in [3.8, 4) is 0 Å². The summed E-state index contributed by atoms with van der Waals surface area (Å²) in [7, 11) is -3.66. The van der Waals surface area contributed by atoms with Gasteiger partial charge >= 0.3 is 0 Å². The predicted octanol–water partition coefficient (Wildman–Crippen LogP) is 1.54. The fraction of sp³-hybridized carbons (Fsp3) is 0.417. The first-order valence-corrected chi connectivity index (χ1v) is 12.9. The molecule has 2 saturated heterocycles. The van der Waals surface area contributed by atoms with Gasteiger partial charge in [0, 0.05) is 43.5 Å². The van der Waals surface area contributed by atoms with Crippen LogP contribution >= 0.6 is 0 Å². The molecule has 0 aromatic heterocycles. The van der Waals surface area contributed by atoms with Gasteiger partial charge in [0.1, 0.15) is 0 Å². The van der Waals surface area contributed by atoms with Crippen LogP contribution in [0.4, 0.5) is 5.69 Å². The molecule has 0 aliphatic carbocycles. The van der Waals surface area contributed by atoms with E-state index in [1.54, 1.807) is 12.1 Å². The highest BCUT2D eigenvalue weighted by atomic mass is 32.2. The Hall–Kier alpha value is -2.79. The molecule has 2 heterocycles. The summed E-state index contributed by atoms with van der Waals surface area (Å²) in [6.07, 6.45) is 1.44. The molecule has 2 amide bonds. The van der Waals surface area contributed by atoms with Crippen molar-refractivity contribution in [2.24, 2.45) is 0 Å². The summed E-state index contributed by atoms with van der Waals surface area (Å²) in [4.78, 5) is 27.3. The number of morpholine rings is 1. The van der Waals surface area contributed by atoms with Crippen LogP contribution in [0.1, 0.15) is 23.2 Å². The topological polar surface area (TPSA) is 108 Å². The number of likely N-dealkylation sites (tertiary alicyclic amines) is 1. The van der Waals surface area contributed by atoms with Gasteiger partial charge in [-0.1, -0.05) is 24.3 Å². The highest BCUT2D eigenvalue weighted by molar-refractivity contribution is 7.89. The van der Waals surface area contributed by atoms with Gasteiger partial charge in [0.15, 0.2) is 0 Å². The number of piperidine rings is 1. The first-order chi connectivity index (χ1) is 16.4. The number of para-hydroxylation sites is 1. The van der Waals surface area contributed by atoms with Crippen LogP contribution < -0.4 is 10.6 Å². The number of anilines is 1. The SMILES string of the molecule is O=C(CN1CCC(NC(=O)c2cccc(S(=O)(=O)N3CCOCC3)c2)CC1)Nc1ccccc1. The number of nitrogens with one attached hydrogen (secondary N) is 2. The number of amides is 2. The second-order valence-corrected chi connectivity index (χ2v) is 10.4. The highest BCUT2D eigenvalue weighted by Crippen LogP contribution is 2.19. The molecule has 0 radical (unpaired) electrons. The van der Waals surface area contributed by atoms with Crippen LogP contribution in [-0.4, -0.2) is 81.4 Å². The molecule has 0 spiro atoms. The Bertz CT molecular complexity index is 1100. The lowest BCUT2D eigenvalue weighted by Crippen LogP contribution is -2.46. The van der Waals surface area contributed by atoms with Crippen molar-refractivity contribution in [1.29, 1.82) is 0 Å². The molecule has 0 saturated carbocycles. The van der Waals surface area contributed by atoms with E-state index in [2.05, 4.69) is 15.5 Å². The van der Waals surface area contributed by atoms with Crippen molar-refractivity contribution in [3.63, 3.8) is 0 Å². The number of hydrogen-bond acceptors (Lipinski definition) is 6. The molecular weight excluding hydrogens is 456 g/mol. The lowest BCUT2D eigenvalue weighted by atomic mass is 10.0. The van der Waals surface area contributed by atoms with Crippen molar-refractivity contribution in [2.75, 3.05) is 51.3 Å². The molecule has 2 aromatic rings. The van der Waals surface area contributed by atoms with Crippen molar-refractivity contribution < 1.29 is 22.7 Å². The van der Waals surface area contributed by atoms with Gasteiger partial charge in [0.05, 0.1) is 24.7 Å². The summed E-state index contributed by atoms with van der Waals surface area (Å²) in [5.41, 5.74) is 1.09. The Balaban J connectivity index is 1.28. The number of hydrogen-bond donors (Lipinski definition) is 2. The van der Waals surface area contributed by atoms with Gasteiger partial charge < -0.3 is 15.4 Å². The van der Waals surface area contributed by atoms with Gasteiger partial charge in [-0.05, 0) is 43.2 Å². The Kier molecular flexibility index (Phi) is 7.94. The van der Waals surface area contributed by atoms with Gasteiger partial charge in [-0.3, -0.25) is 14.5 Å². The number of ether oxygens (including phenoxy) is 1. The van der Waals surface area contributed by atoms with E-state index >= 15 is 0 Å². The van der Waals surface area contributed by atoms with Crippen LogP contribution in [0.15, 0.2) is 59.5 Å². The van der Waals surface area contributed by atoms with E-state index in [-0.39, 0.29) is 22.8 Å². The first-order valence-electron chi connectivity index (χ1n) is 11.5. The van der Waals surface area contributed by atoms with Crippen molar-refractivity contribution >= 4 is 27.5 Å². The minimum absolute atomic E-state index is 0.0274. The average Bonchev–Trinajstić information content (AvgIpc) is 2.86. The number of sulfonamides is 1. The Morgan fingerprint density at radius 1 is 0.941 bits per heavy atom. The summed E-state index contributed by atoms with van der Waals surface area (Å²) >= 11 is 0. The normalized spacial score (nSPS) is 18.4. The van der Waals surface area contributed by atoms with Crippen LogP contribution in [0.25, 0.3) is 0 Å². The van der Waals surface area contributed by atoms with E-state index in [0.29, 0.717) is 51.5 Å². The number of carbonyl (C=O) groups excluding carboxylic acids is 2. The van der Waals surface area contributed by atoms with Crippen LogP contribution in [0.2, 0.25) is 0 Å². The third-order valence-corrected chi connectivity index (χ3v) is 7.95. The van der Waals surface area contributed by atoms with E-state index in [0.717, 1.165) is 18.5 Å². The largest absolute Gasteiger partial charge is 0.379 e. The van der Waals surface area contributed by atoms with Crippen molar-refractivity contribution in [3.05, 3.63) is 60.2 Å². The maximum absolute atomic E-state index is 12.9. The quantitative estimate of drug-likeness (QED) is 0.615. The molecule has 0 atom stereocenters. The summed E-state index contributed by atoms with van der Waals surface area (Å²) in [6.45, 7) is 3.04. The van der Waals surface area contributed by atoms with E-state index in [4.69, 9.17) is 4.74 Å². The summed E-state index contributed by atoms with van der Waals surface area (Å²) < 4.78 is 32.4. The molecule has 0 bridgehead atoms.